The van der Waals surface area contributed by atoms with Crippen molar-refractivity contribution in [1.29, 1.82) is 0 Å². The van der Waals surface area contributed by atoms with Gasteiger partial charge in [-0.15, -0.1) is 0 Å². The van der Waals surface area contributed by atoms with Crippen LogP contribution in [0.1, 0.15) is 41.0 Å². The Morgan fingerprint density at radius 1 is 1.03 bits per heavy atom. The van der Waals surface area contributed by atoms with Gasteiger partial charge in [-0.25, -0.2) is 9.67 Å². The molecule has 1 aliphatic rings. The highest BCUT2D eigenvalue weighted by Crippen LogP contribution is 2.19. The van der Waals surface area contributed by atoms with Crippen molar-refractivity contribution in [1.82, 2.24) is 25.1 Å². The van der Waals surface area contributed by atoms with Crippen molar-refractivity contribution >= 4 is 17.7 Å². The first-order chi connectivity index (χ1) is 15.1. The predicted molar refractivity (Wildman–Crippen MR) is 122 cm³/mol. The summed E-state index contributed by atoms with van der Waals surface area (Å²) in [4.78, 5) is 24.1. The number of benzene rings is 1. The van der Waals surface area contributed by atoms with Gasteiger partial charge in [0.05, 0.1) is 23.1 Å². The molecular weight excluding hydrogens is 390 g/mol. The summed E-state index contributed by atoms with van der Waals surface area (Å²) in [6.45, 7) is 6.97. The van der Waals surface area contributed by atoms with Crippen LogP contribution in [0.4, 0.5) is 11.8 Å². The molecule has 3 heterocycles. The van der Waals surface area contributed by atoms with E-state index < -0.39 is 0 Å². The fourth-order valence-electron chi connectivity index (χ4n) is 3.82. The third-order valence-corrected chi connectivity index (χ3v) is 5.47. The largest absolute Gasteiger partial charge is 0.356 e. The lowest BCUT2D eigenvalue weighted by molar-refractivity contribution is 0.0954. The summed E-state index contributed by atoms with van der Waals surface area (Å²) >= 11 is 0. The van der Waals surface area contributed by atoms with E-state index >= 15 is 0 Å². The highest BCUT2D eigenvalue weighted by molar-refractivity contribution is 5.95. The Morgan fingerprint density at radius 3 is 2.58 bits per heavy atom. The standard InChI is InChI=1S/C23H29N7O/c1-17-15-21(29-13-7-4-8-14-29)28-23(27-17)25-12-11-24-22(31)20-16-26-30(18(20)2)19-9-5-3-6-10-19/h3,5-6,9-10,15-16H,4,7-8,11-14H2,1-2H3,(H,24,31)(H,25,27,28). The molecular formula is C23H29N7O. The maximum atomic E-state index is 12.6. The van der Waals surface area contributed by atoms with Crippen molar-refractivity contribution in [2.24, 2.45) is 0 Å². The fraction of sp³-hybridized carbons (Fsp3) is 0.391. The van der Waals surface area contributed by atoms with Gasteiger partial charge in [0.25, 0.3) is 5.91 Å². The third-order valence-electron chi connectivity index (χ3n) is 5.47. The lowest BCUT2D eigenvalue weighted by atomic mass is 10.1. The van der Waals surface area contributed by atoms with E-state index in [1.54, 1.807) is 10.9 Å². The van der Waals surface area contributed by atoms with E-state index in [9.17, 15) is 4.79 Å². The molecule has 0 unspecified atom stereocenters. The molecule has 0 atom stereocenters. The summed E-state index contributed by atoms with van der Waals surface area (Å²) in [6, 6.07) is 11.8. The van der Waals surface area contributed by atoms with Gasteiger partial charge in [-0.1, -0.05) is 18.2 Å². The minimum Gasteiger partial charge on any atom is -0.356 e. The van der Waals surface area contributed by atoms with Crippen LogP contribution < -0.4 is 15.5 Å². The number of para-hydroxylation sites is 1. The second kappa shape index (κ2) is 9.59. The predicted octanol–water partition coefficient (Wildman–Crippen LogP) is 3.11. The van der Waals surface area contributed by atoms with Crippen LogP contribution in [0.15, 0.2) is 42.6 Å². The van der Waals surface area contributed by atoms with Gasteiger partial charge in [0, 0.05) is 37.9 Å². The van der Waals surface area contributed by atoms with Crippen LogP contribution in [0.3, 0.4) is 0 Å². The molecule has 1 aromatic carbocycles. The SMILES string of the molecule is Cc1cc(N2CCCCC2)nc(NCCNC(=O)c2cnn(-c3ccccc3)c2C)n1. The van der Waals surface area contributed by atoms with Gasteiger partial charge in [0.2, 0.25) is 5.95 Å². The minimum absolute atomic E-state index is 0.138. The molecule has 0 bridgehead atoms. The number of carbonyl (C=O) groups is 1. The molecule has 8 heteroatoms. The van der Waals surface area contributed by atoms with Gasteiger partial charge in [0.15, 0.2) is 0 Å². The zero-order valence-electron chi connectivity index (χ0n) is 18.1. The molecule has 3 aromatic rings. The second-order valence-corrected chi connectivity index (χ2v) is 7.81. The Bertz CT molecular complexity index is 1030. The highest BCUT2D eigenvalue weighted by atomic mass is 16.1. The molecule has 1 fully saturated rings. The van der Waals surface area contributed by atoms with Crippen LogP contribution in [-0.4, -0.2) is 51.8 Å². The molecule has 1 amide bonds. The molecule has 162 valence electrons. The van der Waals surface area contributed by atoms with Gasteiger partial charge in [-0.2, -0.15) is 10.1 Å². The van der Waals surface area contributed by atoms with E-state index in [0.29, 0.717) is 24.6 Å². The summed E-state index contributed by atoms with van der Waals surface area (Å²) in [5.41, 5.74) is 3.25. The zero-order valence-corrected chi connectivity index (χ0v) is 18.1. The average molecular weight is 420 g/mol. The molecule has 0 saturated carbocycles. The summed E-state index contributed by atoms with van der Waals surface area (Å²) in [5, 5.41) is 10.5. The number of piperidine rings is 1. The minimum atomic E-state index is -0.138. The smallest absolute Gasteiger partial charge is 0.254 e. The van der Waals surface area contributed by atoms with Crippen molar-refractivity contribution < 1.29 is 4.79 Å². The molecule has 2 aromatic heterocycles. The number of nitrogens with zero attached hydrogens (tertiary/aromatic N) is 5. The van der Waals surface area contributed by atoms with Crippen LogP contribution in [0.25, 0.3) is 5.69 Å². The molecule has 1 aliphatic heterocycles. The normalized spacial score (nSPS) is 13.8. The van der Waals surface area contributed by atoms with E-state index in [1.165, 1.54) is 19.3 Å². The number of hydrogen-bond donors (Lipinski definition) is 2. The summed E-state index contributed by atoms with van der Waals surface area (Å²) in [7, 11) is 0. The van der Waals surface area contributed by atoms with Crippen molar-refractivity contribution in [2.45, 2.75) is 33.1 Å². The highest BCUT2D eigenvalue weighted by Gasteiger charge is 2.16. The number of nitrogens with one attached hydrogen (secondary N) is 2. The van der Waals surface area contributed by atoms with Gasteiger partial charge >= 0.3 is 0 Å². The number of aromatic nitrogens is 4. The maximum Gasteiger partial charge on any atom is 0.254 e. The van der Waals surface area contributed by atoms with Gasteiger partial charge < -0.3 is 15.5 Å². The quantitative estimate of drug-likeness (QED) is 0.572. The topological polar surface area (TPSA) is 88.0 Å². The first kappa shape index (κ1) is 20.8. The Labute approximate surface area is 182 Å². The number of anilines is 2. The van der Waals surface area contributed by atoms with E-state index in [1.807, 2.05) is 50.2 Å². The monoisotopic (exact) mass is 419 g/mol. The van der Waals surface area contributed by atoms with Gasteiger partial charge in [-0.05, 0) is 45.2 Å². The van der Waals surface area contributed by atoms with Crippen molar-refractivity contribution in [3.63, 3.8) is 0 Å². The van der Waals surface area contributed by atoms with Crippen molar-refractivity contribution in [3.05, 3.63) is 59.5 Å². The Kier molecular flexibility index (Phi) is 6.45. The van der Waals surface area contributed by atoms with Crippen molar-refractivity contribution in [3.8, 4) is 5.69 Å². The summed E-state index contributed by atoms with van der Waals surface area (Å²) in [6.07, 6.45) is 5.31. The number of carbonyl (C=O) groups excluding carboxylic acids is 1. The second-order valence-electron chi connectivity index (χ2n) is 7.81. The lowest BCUT2D eigenvalue weighted by Gasteiger charge is -2.28. The molecule has 4 rings (SSSR count). The Hall–Kier alpha value is -3.42. The van der Waals surface area contributed by atoms with Crippen LogP contribution in [0.2, 0.25) is 0 Å². The molecule has 1 saturated heterocycles. The van der Waals surface area contributed by atoms with Gasteiger partial charge in [-0.3, -0.25) is 4.79 Å². The average Bonchev–Trinajstić information content (AvgIpc) is 3.19. The lowest BCUT2D eigenvalue weighted by Crippen LogP contribution is -2.31. The van der Waals surface area contributed by atoms with E-state index in [4.69, 9.17) is 0 Å². The number of rotatable bonds is 7. The van der Waals surface area contributed by atoms with E-state index in [2.05, 4.69) is 30.6 Å². The Balaban J connectivity index is 1.32. The summed E-state index contributed by atoms with van der Waals surface area (Å²) < 4.78 is 1.77. The summed E-state index contributed by atoms with van der Waals surface area (Å²) in [5.74, 6) is 1.44. The molecule has 0 spiro atoms. The third kappa shape index (κ3) is 5.02. The van der Waals surface area contributed by atoms with E-state index in [-0.39, 0.29) is 5.91 Å². The van der Waals surface area contributed by atoms with Crippen molar-refractivity contribution in [2.75, 3.05) is 36.4 Å². The molecule has 8 nitrogen and oxygen atoms in total. The van der Waals surface area contributed by atoms with Crippen LogP contribution in [-0.2, 0) is 0 Å². The number of amides is 1. The first-order valence-electron chi connectivity index (χ1n) is 10.8. The van der Waals surface area contributed by atoms with Gasteiger partial charge in [0.1, 0.15) is 5.82 Å². The fourth-order valence-corrected chi connectivity index (χ4v) is 3.82. The number of aryl methyl sites for hydroxylation is 1. The maximum absolute atomic E-state index is 12.6. The number of hydrogen-bond acceptors (Lipinski definition) is 6. The Morgan fingerprint density at radius 2 is 1.81 bits per heavy atom. The molecule has 0 radical (unpaired) electrons. The first-order valence-corrected chi connectivity index (χ1v) is 10.8. The van der Waals surface area contributed by atoms with E-state index in [0.717, 1.165) is 36.0 Å². The molecule has 0 aliphatic carbocycles. The van der Waals surface area contributed by atoms with Crippen LogP contribution in [0.5, 0.6) is 0 Å². The van der Waals surface area contributed by atoms with Crippen LogP contribution >= 0.6 is 0 Å². The van der Waals surface area contributed by atoms with Crippen LogP contribution in [0, 0.1) is 13.8 Å². The zero-order chi connectivity index (χ0) is 21.6. The molecule has 31 heavy (non-hydrogen) atoms. The molecule has 2 N–H and O–H groups in total.